The second-order valence-corrected chi connectivity index (χ2v) is 14.5. The maximum Gasteiger partial charge on any atom is 0.418 e. The first-order valence-electron chi connectivity index (χ1n) is 17.6. The molecule has 2 aliphatic heterocycles. The average Bonchev–Trinajstić information content (AvgIpc) is 3.52. The van der Waals surface area contributed by atoms with Gasteiger partial charge in [-0.05, 0) is 81.8 Å². The first kappa shape index (κ1) is 32.8. The molecule has 11 heteroatoms. The number of imidazole rings is 1. The number of rotatable bonds is 6. The summed E-state index contributed by atoms with van der Waals surface area (Å²) in [6.07, 6.45) is 10.3. The van der Waals surface area contributed by atoms with E-state index in [0.29, 0.717) is 36.9 Å². The van der Waals surface area contributed by atoms with Crippen molar-refractivity contribution >= 4 is 5.52 Å². The van der Waals surface area contributed by atoms with E-state index in [2.05, 4.69) is 33.8 Å². The number of fused-ring (bicyclic) bond motifs is 1. The van der Waals surface area contributed by atoms with E-state index in [1.165, 1.54) is 59.8 Å². The second kappa shape index (κ2) is 13.0. The van der Waals surface area contributed by atoms with Crippen LogP contribution in [0.2, 0.25) is 0 Å². The van der Waals surface area contributed by atoms with E-state index in [-0.39, 0.29) is 35.4 Å². The molecule has 2 aliphatic carbocycles. The summed E-state index contributed by atoms with van der Waals surface area (Å²) in [5.74, 6) is 0.664. The number of hydrogen-bond donors (Lipinski definition) is 2. The number of pyridine rings is 1. The van der Waals surface area contributed by atoms with Crippen LogP contribution in [0.5, 0.6) is 0 Å². The van der Waals surface area contributed by atoms with Crippen LogP contribution in [0.3, 0.4) is 0 Å². The van der Waals surface area contributed by atoms with Crippen molar-refractivity contribution in [3.8, 4) is 5.69 Å². The van der Waals surface area contributed by atoms with Crippen molar-refractivity contribution < 1.29 is 17.9 Å². The predicted molar refractivity (Wildman–Crippen MR) is 176 cm³/mol. The van der Waals surface area contributed by atoms with E-state index in [0.717, 1.165) is 31.2 Å². The lowest BCUT2D eigenvalue weighted by Gasteiger charge is -2.43. The number of alkyl halides is 3. The number of hydrazine groups is 1. The van der Waals surface area contributed by atoms with Crippen LogP contribution in [0.15, 0.2) is 47.5 Å². The second-order valence-electron chi connectivity index (χ2n) is 14.5. The molecular formula is C36H49F3N6O2. The summed E-state index contributed by atoms with van der Waals surface area (Å²) in [7, 11) is 2.23. The Morgan fingerprint density at radius 1 is 1.00 bits per heavy atom. The van der Waals surface area contributed by atoms with Crippen LogP contribution in [0.25, 0.3) is 11.2 Å². The standard InChI is InChI=1S/C36H49F3N6O2/c1-24-21-43(17-18-47-24)25(2)28-20-30(36(37,38)39)31-23-44(34(46)45(31)22-28)29-14-10-13-27(19-29)32(26-11-9-12-26)33-40-41-35(42(33)3)15-7-5-4-6-8-16-35/h10,13-14,19-20,22-26,32-33,40-41H,4-9,11-12,15-18,21H2,1-3H3/t24-,25-,32-,33?/m1/s1. The quantitative estimate of drug-likeness (QED) is 0.313. The zero-order valence-electron chi connectivity index (χ0n) is 27.9. The van der Waals surface area contributed by atoms with Gasteiger partial charge in [0.05, 0.1) is 41.3 Å². The van der Waals surface area contributed by atoms with Crippen LogP contribution in [0, 0.1) is 5.92 Å². The normalized spacial score (nSPS) is 26.3. The van der Waals surface area contributed by atoms with E-state index in [9.17, 15) is 18.0 Å². The van der Waals surface area contributed by atoms with E-state index >= 15 is 0 Å². The predicted octanol–water partition coefficient (Wildman–Crippen LogP) is 6.58. The molecule has 8 nitrogen and oxygen atoms in total. The van der Waals surface area contributed by atoms with Crippen LogP contribution in [0.1, 0.15) is 107 Å². The molecule has 1 aromatic carbocycles. The van der Waals surface area contributed by atoms with Gasteiger partial charge in [0.2, 0.25) is 0 Å². The molecule has 4 fully saturated rings. The van der Waals surface area contributed by atoms with Gasteiger partial charge in [-0.2, -0.15) is 13.2 Å². The first-order valence-corrected chi connectivity index (χ1v) is 17.6. The number of aromatic nitrogens is 2. The van der Waals surface area contributed by atoms with Crippen LogP contribution in [-0.2, 0) is 10.9 Å². The number of ether oxygens (including phenoxy) is 1. The summed E-state index contributed by atoms with van der Waals surface area (Å²) >= 11 is 0. The molecule has 0 amide bonds. The van der Waals surface area contributed by atoms with Crippen LogP contribution < -0.4 is 16.5 Å². The number of morpholine rings is 1. The van der Waals surface area contributed by atoms with E-state index < -0.39 is 17.4 Å². The Hall–Kier alpha value is -2.70. The molecule has 256 valence electrons. The highest BCUT2D eigenvalue weighted by Crippen LogP contribution is 2.45. The number of benzene rings is 1. The van der Waals surface area contributed by atoms with Gasteiger partial charge in [0.25, 0.3) is 0 Å². The molecule has 2 saturated carbocycles. The van der Waals surface area contributed by atoms with Crippen molar-refractivity contribution in [1.29, 1.82) is 0 Å². The molecule has 3 aromatic rings. The van der Waals surface area contributed by atoms with Crippen LogP contribution in [-0.4, -0.2) is 63.4 Å². The summed E-state index contributed by atoms with van der Waals surface area (Å²) in [6, 6.07) is 8.82. The maximum atomic E-state index is 14.5. The van der Waals surface area contributed by atoms with Crippen molar-refractivity contribution in [1.82, 2.24) is 29.6 Å². The molecule has 4 aliphatic rings. The van der Waals surface area contributed by atoms with Gasteiger partial charge in [-0.1, -0.05) is 50.7 Å². The monoisotopic (exact) mass is 654 g/mol. The van der Waals surface area contributed by atoms with E-state index in [4.69, 9.17) is 4.74 Å². The Kier molecular flexibility index (Phi) is 9.06. The van der Waals surface area contributed by atoms with Crippen LogP contribution >= 0.6 is 0 Å². The molecule has 1 spiro atoms. The molecule has 2 saturated heterocycles. The highest BCUT2D eigenvalue weighted by molar-refractivity contribution is 5.58. The van der Waals surface area contributed by atoms with Gasteiger partial charge in [-0.3, -0.25) is 18.8 Å². The minimum atomic E-state index is -4.62. The molecule has 7 rings (SSSR count). The number of likely N-dealkylation sites (N-methyl/N-ethyl adjacent to an activating group) is 1. The molecule has 2 aromatic heterocycles. The van der Waals surface area contributed by atoms with Gasteiger partial charge in [0.15, 0.2) is 0 Å². The first-order chi connectivity index (χ1) is 22.6. The van der Waals surface area contributed by atoms with Gasteiger partial charge in [0.1, 0.15) is 0 Å². The smallest absolute Gasteiger partial charge is 0.376 e. The minimum Gasteiger partial charge on any atom is -0.376 e. The summed E-state index contributed by atoms with van der Waals surface area (Å²) in [4.78, 5) is 18.6. The summed E-state index contributed by atoms with van der Waals surface area (Å²) in [5, 5.41) is 0. The van der Waals surface area contributed by atoms with Gasteiger partial charge in [-0.15, -0.1) is 0 Å². The lowest BCUT2D eigenvalue weighted by atomic mass is 9.71. The van der Waals surface area contributed by atoms with Gasteiger partial charge < -0.3 is 4.74 Å². The third-order valence-corrected chi connectivity index (χ3v) is 11.7. The summed E-state index contributed by atoms with van der Waals surface area (Å²) < 4.78 is 51.9. The SMILES string of the molecule is C[C@@H]1CN([C@H](C)c2cc(C(F)(F)F)c3cn(-c4cccc([C@@H](C5CCC5)C5NNC6(CCCCCCC6)N5C)c4)c(=O)n3c2)CCO1. The number of nitrogens with zero attached hydrogens (tertiary/aromatic N) is 4. The zero-order valence-corrected chi connectivity index (χ0v) is 27.9. The fourth-order valence-electron chi connectivity index (χ4n) is 8.61. The molecule has 2 N–H and O–H groups in total. The molecule has 0 bridgehead atoms. The Balaban J connectivity index is 1.25. The largest absolute Gasteiger partial charge is 0.418 e. The summed E-state index contributed by atoms with van der Waals surface area (Å²) in [5.41, 5.74) is 8.06. The molecule has 0 radical (unpaired) electrons. The third kappa shape index (κ3) is 6.18. The van der Waals surface area contributed by atoms with Crippen LogP contribution in [0.4, 0.5) is 13.2 Å². The van der Waals surface area contributed by atoms with Gasteiger partial charge in [0, 0.05) is 37.4 Å². The Labute approximate surface area is 275 Å². The summed E-state index contributed by atoms with van der Waals surface area (Å²) in [6.45, 7) is 5.63. The lowest BCUT2D eigenvalue weighted by molar-refractivity contribution is -0.136. The van der Waals surface area contributed by atoms with Crippen molar-refractivity contribution in [2.45, 2.75) is 114 Å². The molecular weight excluding hydrogens is 605 g/mol. The highest BCUT2D eigenvalue weighted by Gasteiger charge is 2.48. The molecule has 47 heavy (non-hydrogen) atoms. The Bertz CT molecular complexity index is 1620. The Morgan fingerprint density at radius 2 is 1.74 bits per heavy atom. The fraction of sp³-hybridized carbons (Fsp3) is 0.639. The van der Waals surface area contributed by atoms with Crippen molar-refractivity contribution in [3.05, 3.63) is 69.9 Å². The van der Waals surface area contributed by atoms with E-state index in [1.807, 2.05) is 32.0 Å². The third-order valence-electron chi connectivity index (χ3n) is 11.7. The highest BCUT2D eigenvalue weighted by atomic mass is 19.4. The van der Waals surface area contributed by atoms with Gasteiger partial charge >= 0.3 is 11.9 Å². The molecule has 4 heterocycles. The minimum absolute atomic E-state index is 0.00545. The Morgan fingerprint density at radius 3 is 2.43 bits per heavy atom. The topological polar surface area (TPSA) is 66.2 Å². The van der Waals surface area contributed by atoms with Crippen molar-refractivity contribution in [2.24, 2.45) is 5.92 Å². The fourth-order valence-corrected chi connectivity index (χ4v) is 8.61. The van der Waals surface area contributed by atoms with E-state index in [1.54, 1.807) is 6.20 Å². The maximum absolute atomic E-state index is 14.5. The number of hydrogen-bond acceptors (Lipinski definition) is 6. The van der Waals surface area contributed by atoms with Gasteiger partial charge in [-0.25, -0.2) is 15.6 Å². The zero-order chi connectivity index (χ0) is 32.9. The number of nitrogens with one attached hydrogen (secondary N) is 2. The molecule has 1 unspecified atom stereocenters. The van der Waals surface area contributed by atoms with Crippen molar-refractivity contribution in [2.75, 3.05) is 26.7 Å². The van der Waals surface area contributed by atoms with Crippen molar-refractivity contribution in [3.63, 3.8) is 0 Å². The average molecular weight is 655 g/mol. The lowest BCUT2D eigenvalue weighted by Crippen LogP contribution is -2.52. The number of halogens is 3. The molecule has 4 atom stereocenters.